The second-order valence-electron chi connectivity index (χ2n) is 2.72. The Morgan fingerprint density at radius 1 is 1.77 bits per heavy atom. The van der Waals surface area contributed by atoms with Crippen molar-refractivity contribution in [1.29, 1.82) is 0 Å². The molecule has 0 radical (unpaired) electrons. The van der Waals surface area contributed by atoms with Gasteiger partial charge in [-0.05, 0) is 6.92 Å². The number of hydrogen-bond acceptors (Lipinski definition) is 3. The van der Waals surface area contributed by atoms with Gasteiger partial charge >= 0.3 is 5.97 Å². The van der Waals surface area contributed by atoms with Crippen LogP contribution in [-0.4, -0.2) is 25.7 Å². The number of aliphatic carboxylic acids is 1. The van der Waals surface area contributed by atoms with Crippen LogP contribution in [0.15, 0.2) is 12.5 Å². The molecule has 0 aliphatic heterocycles. The molecule has 1 heterocycles. The van der Waals surface area contributed by atoms with Gasteiger partial charge in [0.15, 0.2) is 0 Å². The Morgan fingerprint density at radius 3 is 3.00 bits per heavy atom. The third kappa shape index (κ3) is 2.29. The second-order valence-corrected chi connectivity index (χ2v) is 2.72. The minimum absolute atomic E-state index is 0.286. The summed E-state index contributed by atoms with van der Waals surface area (Å²) >= 11 is 0. The van der Waals surface area contributed by atoms with E-state index in [1.54, 1.807) is 10.9 Å². The third-order valence-corrected chi connectivity index (χ3v) is 1.79. The van der Waals surface area contributed by atoms with Crippen LogP contribution < -0.4 is 0 Å². The molecule has 0 fully saturated rings. The number of aliphatic hydroxyl groups excluding tert-OH is 1. The number of carbonyl (C=O) groups is 1. The van der Waals surface area contributed by atoms with Gasteiger partial charge in [0.05, 0.1) is 24.6 Å². The minimum Gasteiger partial charge on any atom is -0.481 e. The number of carboxylic acid groups (broad SMARTS) is 1. The number of imidazole rings is 1. The van der Waals surface area contributed by atoms with Gasteiger partial charge in [-0.25, -0.2) is 4.98 Å². The molecule has 1 aromatic rings. The first-order valence-electron chi connectivity index (χ1n) is 4.05. The molecule has 0 aliphatic carbocycles. The summed E-state index contributed by atoms with van der Waals surface area (Å²) in [7, 11) is 0. The van der Waals surface area contributed by atoms with Crippen LogP contribution >= 0.6 is 0 Å². The molecule has 1 atom stereocenters. The van der Waals surface area contributed by atoms with Gasteiger partial charge in [-0.15, -0.1) is 0 Å². The SMILES string of the molecule is CCn1cncc1[C@H](O)CC(=O)O. The van der Waals surface area contributed by atoms with Crippen LogP contribution in [0.25, 0.3) is 0 Å². The Kier molecular flexibility index (Phi) is 3.02. The van der Waals surface area contributed by atoms with Crippen molar-refractivity contribution in [3.63, 3.8) is 0 Å². The average molecular weight is 184 g/mol. The van der Waals surface area contributed by atoms with Crippen LogP contribution in [0.5, 0.6) is 0 Å². The molecular weight excluding hydrogens is 172 g/mol. The quantitative estimate of drug-likeness (QED) is 0.710. The lowest BCUT2D eigenvalue weighted by Crippen LogP contribution is -2.10. The summed E-state index contributed by atoms with van der Waals surface area (Å²) in [6.07, 6.45) is 1.79. The van der Waals surface area contributed by atoms with Crippen molar-refractivity contribution < 1.29 is 15.0 Å². The normalized spacial score (nSPS) is 12.8. The Labute approximate surface area is 75.6 Å². The van der Waals surface area contributed by atoms with Crippen molar-refractivity contribution in [2.45, 2.75) is 26.0 Å². The highest BCUT2D eigenvalue weighted by Gasteiger charge is 2.15. The maximum Gasteiger partial charge on any atom is 0.306 e. The molecular formula is C8H12N2O3. The van der Waals surface area contributed by atoms with Crippen LogP contribution in [-0.2, 0) is 11.3 Å². The minimum atomic E-state index is -1.02. The van der Waals surface area contributed by atoms with E-state index >= 15 is 0 Å². The second kappa shape index (κ2) is 4.04. The number of nitrogens with zero attached hydrogens (tertiary/aromatic N) is 2. The number of hydrogen-bond donors (Lipinski definition) is 2. The number of aliphatic hydroxyl groups is 1. The largest absolute Gasteiger partial charge is 0.481 e. The van der Waals surface area contributed by atoms with Crippen LogP contribution in [0.4, 0.5) is 0 Å². The summed E-state index contributed by atoms with van der Waals surface area (Å²) in [5.74, 6) is -1.02. The Hall–Kier alpha value is -1.36. The van der Waals surface area contributed by atoms with Gasteiger partial charge in [-0.3, -0.25) is 4.79 Å². The summed E-state index contributed by atoms with van der Waals surface area (Å²) in [6.45, 7) is 2.57. The molecule has 5 nitrogen and oxygen atoms in total. The third-order valence-electron chi connectivity index (χ3n) is 1.79. The molecule has 0 bridgehead atoms. The van der Waals surface area contributed by atoms with E-state index in [0.717, 1.165) is 0 Å². The van der Waals surface area contributed by atoms with Crippen molar-refractivity contribution >= 4 is 5.97 Å². The fourth-order valence-electron chi connectivity index (χ4n) is 1.14. The van der Waals surface area contributed by atoms with Crippen LogP contribution in [0.1, 0.15) is 25.1 Å². The molecule has 0 amide bonds. The van der Waals surface area contributed by atoms with Gasteiger partial charge in [-0.1, -0.05) is 0 Å². The lowest BCUT2D eigenvalue weighted by molar-refractivity contribution is -0.139. The van der Waals surface area contributed by atoms with E-state index in [1.807, 2.05) is 6.92 Å². The van der Waals surface area contributed by atoms with Crippen LogP contribution in [0, 0.1) is 0 Å². The van der Waals surface area contributed by atoms with E-state index < -0.39 is 12.1 Å². The standard InChI is InChI=1S/C8H12N2O3/c1-2-10-5-9-4-6(10)7(11)3-8(12)13/h4-5,7,11H,2-3H2,1H3,(H,12,13)/t7-/m1/s1. The fourth-order valence-corrected chi connectivity index (χ4v) is 1.14. The first kappa shape index (κ1) is 9.73. The molecule has 0 saturated heterocycles. The van der Waals surface area contributed by atoms with Crippen molar-refractivity contribution in [2.75, 3.05) is 0 Å². The van der Waals surface area contributed by atoms with Crippen LogP contribution in [0.2, 0.25) is 0 Å². The molecule has 72 valence electrons. The van der Waals surface area contributed by atoms with Gasteiger partial charge in [0.25, 0.3) is 0 Å². The first-order chi connectivity index (χ1) is 6.15. The van der Waals surface area contributed by atoms with Gasteiger partial charge in [0, 0.05) is 6.54 Å². The van der Waals surface area contributed by atoms with E-state index in [2.05, 4.69) is 4.98 Å². The highest BCUT2D eigenvalue weighted by Crippen LogP contribution is 2.15. The summed E-state index contributed by atoms with van der Waals surface area (Å²) < 4.78 is 1.72. The molecule has 0 saturated carbocycles. The summed E-state index contributed by atoms with van der Waals surface area (Å²) in [5, 5.41) is 17.9. The number of carboxylic acids is 1. The van der Waals surface area contributed by atoms with E-state index in [4.69, 9.17) is 5.11 Å². The predicted octanol–water partition coefficient (Wildman–Crippen LogP) is 0.411. The molecule has 2 N–H and O–H groups in total. The fraction of sp³-hybridized carbons (Fsp3) is 0.500. The maximum atomic E-state index is 10.3. The maximum absolute atomic E-state index is 10.3. The predicted molar refractivity (Wildman–Crippen MR) is 45.1 cm³/mol. The van der Waals surface area contributed by atoms with E-state index in [1.165, 1.54) is 6.20 Å². The van der Waals surface area contributed by atoms with E-state index in [0.29, 0.717) is 12.2 Å². The van der Waals surface area contributed by atoms with E-state index in [-0.39, 0.29) is 6.42 Å². The Balaban J connectivity index is 2.75. The highest BCUT2D eigenvalue weighted by atomic mass is 16.4. The van der Waals surface area contributed by atoms with Crippen molar-refractivity contribution in [3.05, 3.63) is 18.2 Å². The molecule has 0 aliphatic rings. The van der Waals surface area contributed by atoms with Gasteiger partial charge in [-0.2, -0.15) is 0 Å². The van der Waals surface area contributed by atoms with Crippen molar-refractivity contribution in [3.8, 4) is 0 Å². The summed E-state index contributed by atoms with van der Waals surface area (Å²) in [4.78, 5) is 14.1. The van der Waals surface area contributed by atoms with E-state index in [9.17, 15) is 9.90 Å². The van der Waals surface area contributed by atoms with Gasteiger partial charge < -0.3 is 14.8 Å². The van der Waals surface area contributed by atoms with Crippen molar-refractivity contribution in [1.82, 2.24) is 9.55 Å². The monoisotopic (exact) mass is 184 g/mol. The van der Waals surface area contributed by atoms with Crippen molar-refractivity contribution in [2.24, 2.45) is 0 Å². The molecule has 0 unspecified atom stereocenters. The Bertz CT molecular complexity index is 295. The molecule has 5 heteroatoms. The Morgan fingerprint density at radius 2 is 2.46 bits per heavy atom. The molecule has 1 rings (SSSR count). The smallest absolute Gasteiger partial charge is 0.306 e. The zero-order valence-electron chi connectivity index (χ0n) is 7.34. The van der Waals surface area contributed by atoms with Gasteiger partial charge in [0.2, 0.25) is 0 Å². The molecule has 13 heavy (non-hydrogen) atoms. The van der Waals surface area contributed by atoms with Gasteiger partial charge in [0.1, 0.15) is 6.10 Å². The number of aromatic nitrogens is 2. The number of aryl methyl sites for hydroxylation is 1. The zero-order chi connectivity index (χ0) is 9.84. The summed E-state index contributed by atoms with van der Waals surface area (Å²) in [5.41, 5.74) is 0.546. The summed E-state index contributed by atoms with van der Waals surface area (Å²) in [6, 6.07) is 0. The zero-order valence-corrected chi connectivity index (χ0v) is 7.34. The highest BCUT2D eigenvalue weighted by molar-refractivity contribution is 5.67. The topological polar surface area (TPSA) is 75.3 Å². The molecule has 1 aromatic heterocycles. The lowest BCUT2D eigenvalue weighted by atomic mass is 10.2. The lowest BCUT2D eigenvalue weighted by Gasteiger charge is -2.09. The first-order valence-corrected chi connectivity index (χ1v) is 4.05. The van der Waals surface area contributed by atoms with Crippen LogP contribution in [0.3, 0.4) is 0 Å². The average Bonchev–Trinajstić information content (AvgIpc) is 2.49. The number of rotatable bonds is 4. The molecule has 0 aromatic carbocycles. The molecule has 0 spiro atoms.